The molecule has 0 aliphatic rings. The Kier molecular flexibility index (Phi) is 3.10. The van der Waals surface area contributed by atoms with Crippen LogP contribution in [0.5, 0.6) is 0 Å². The number of alkyl halides is 2. The third-order valence-corrected chi connectivity index (χ3v) is 2.28. The van der Waals surface area contributed by atoms with Gasteiger partial charge in [-0.3, -0.25) is 10.1 Å². The lowest BCUT2D eigenvalue weighted by molar-refractivity contribution is -0.385. The van der Waals surface area contributed by atoms with Crippen LogP contribution in [0.4, 0.5) is 18.9 Å². The third kappa shape index (κ3) is 1.87. The molecule has 76 valence electrons. The minimum atomic E-state index is -2.99. The van der Waals surface area contributed by atoms with Crippen LogP contribution in [0.15, 0.2) is 16.6 Å². The van der Waals surface area contributed by atoms with Gasteiger partial charge in [0.1, 0.15) is 4.47 Å². The molecule has 0 aromatic heterocycles. The molecule has 3 nitrogen and oxygen atoms in total. The Hall–Kier alpha value is -1.11. The third-order valence-electron chi connectivity index (χ3n) is 1.52. The van der Waals surface area contributed by atoms with Crippen molar-refractivity contribution in [1.82, 2.24) is 0 Å². The lowest BCUT2D eigenvalue weighted by Crippen LogP contribution is -1.96. The molecule has 0 N–H and O–H groups in total. The molecule has 0 atom stereocenters. The zero-order chi connectivity index (χ0) is 10.9. The van der Waals surface area contributed by atoms with E-state index in [0.717, 1.165) is 6.07 Å². The second-order valence-electron chi connectivity index (χ2n) is 2.36. The summed E-state index contributed by atoms with van der Waals surface area (Å²) in [4.78, 5) is 9.42. The molecule has 1 aromatic rings. The molecule has 0 radical (unpaired) electrons. The summed E-state index contributed by atoms with van der Waals surface area (Å²) in [5, 5.41) is 10.3. The van der Waals surface area contributed by atoms with Crippen molar-refractivity contribution in [2.45, 2.75) is 6.43 Å². The molecule has 0 fully saturated rings. The van der Waals surface area contributed by atoms with Crippen LogP contribution in [0, 0.1) is 15.9 Å². The maximum atomic E-state index is 13.0. The first-order valence-corrected chi connectivity index (χ1v) is 4.15. The van der Waals surface area contributed by atoms with Crippen molar-refractivity contribution in [2.24, 2.45) is 0 Å². The lowest BCUT2D eigenvalue weighted by Gasteiger charge is -2.03. The molecule has 0 unspecified atom stereocenters. The van der Waals surface area contributed by atoms with Gasteiger partial charge in [-0.1, -0.05) is 0 Å². The van der Waals surface area contributed by atoms with Crippen LogP contribution in [0.1, 0.15) is 12.0 Å². The highest BCUT2D eigenvalue weighted by Gasteiger charge is 2.22. The van der Waals surface area contributed by atoms with E-state index in [9.17, 15) is 23.3 Å². The highest BCUT2D eigenvalue weighted by molar-refractivity contribution is 9.10. The fourth-order valence-electron chi connectivity index (χ4n) is 0.864. The average molecular weight is 270 g/mol. The van der Waals surface area contributed by atoms with Gasteiger partial charge >= 0.3 is 0 Å². The Morgan fingerprint density at radius 1 is 1.43 bits per heavy atom. The van der Waals surface area contributed by atoms with Gasteiger partial charge in [-0.2, -0.15) is 0 Å². The number of nitro benzene ring substituents is 1. The molecule has 0 heterocycles. The van der Waals surface area contributed by atoms with Crippen molar-refractivity contribution in [3.8, 4) is 0 Å². The molecule has 0 aliphatic carbocycles. The quantitative estimate of drug-likeness (QED) is 0.610. The lowest BCUT2D eigenvalue weighted by atomic mass is 10.2. The van der Waals surface area contributed by atoms with Crippen molar-refractivity contribution in [3.05, 3.63) is 38.1 Å². The van der Waals surface area contributed by atoms with Gasteiger partial charge in [0.15, 0.2) is 5.82 Å². The van der Waals surface area contributed by atoms with E-state index < -0.39 is 32.9 Å². The largest absolute Gasteiger partial charge is 0.286 e. The van der Waals surface area contributed by atoms with Crippen molar-refractivity contribution < 1.29 is 18.1 Å². The van der Waals surface area contributed by atoms with Gasteiger partial charge in [0.2, 0.25) is 0 Å². The summed E-state index contributed by atoms with van der Waals surface area (Å²) in [6, 6.07) is 1.53. The molecule has 0 saturated heterocycles. The fraction of sp³-hybridized carbons (Fsp3) is 0.143. The minimum absolute atomic E-state index is 0.555. The molecule has 1 rings (SSSR count). The molecule has 0 spiro atoms. The van der Waals surface area contributed by atoms with E-state index in [4.69, 9.17) is 0 Å². The molecule has 0 amide bonds. The van der Waals surface area contributed by atoms with E-state index in [1.54, 1.807) is 0 Å². The summed E-state index contributed by atoms with van der Waals surface area (Å²) in [7, 11) is 0. The highest BCUT2D eigenvalue weighted by Crippen LogP contribution is 2.33. The van der Waals surface area contributed by atoms with Crippen LogP contribution in [-0.4, -0.2) is 4.92 Å². The van der Waals surface area contributed by atoms with Gasteiger partial charge in [-0.25, -0.2) is 13.2 Å². The first kappa shape index (κ1) is 11.0. The summed E-state index contributed by atoms with van der Waals surface area (Å²) in [6.07, 6.45) is -2.99. The predicted molar refractivity (Wildman–Crippen MR) is 45.7 cm³/mol. The maximum absolute atomic E-state index is 13.0. The standard InChI is InChI=1S/C7H3BrF3NO2/c8-5-4(12(13)14)2-1-3(6(5)9)7(10)11/h1-2,7H. The van der Waals surface area contributed by atoms with Crippen molar-refractivity contribution in [3.63, 3.8) is 0 Å². The van der Waals surface area contributed by atoms with Gasteiger partial charge in [-0.15, -0.1) is 0 Å². The smallest absolute Gasteiger partial charge is 0.258 e. The van der Waals surface area contributed by atoms with Gasteiger partial charge in [-0.05, 0) is 22.0 Å². The summed E-state index contributed by atoms with van der Waals surface area (Å²) in [5.74, 6) is -1.30. The zero-order valence-corrected chi connectivity index (χ0v) is 8.09. The van der Waals surface area contributed by atoms with E-state index in [-0.39, 0.29) is 0 Å². The number of hydrogen-bond donors (Lipinski definition) is 0. The fourth-order valence-corrected chi connectivity index (χ4v) is 1.37. The van der Waals surface area contributed by atoms with Crippen LogP contribution in [0.25, 0.3) is 0 Å². The second-order valence-corrected chi connectivity index (χ2v) is 3.15. The Labute approximate surface area is 84.8 Å². The molecule has 7 heteroatoms. The van der Waals surface area contributed by atoms with E-state index in [0.29, 0.717) is 6.07 Å². The topological polar surface area (TPSA) is 43.1 Å². The molecule has 0 aliphatic heterocycles. The number of nitrogens with zero attached hydrogens (tertiary/aromatic N) is 1. The maximum Gasteiger partial charge on any atom is 0.286 e. The van der Waals surface area contributed by atoms with E-state index in [2.05, 4.69) is 15.9 Å². The Morgan fingerprint density at radius 3 is 2.43 bits per heavy atom. The summed E-state index contributed by atoms with van der Waals surface area (Å²) in [5.41, 5.74) is -1.44. The molecular weight excluding hydrogens is 267 g/mol. The molecule has 14 heavy (non-hydrogen) atoms. The normalized spacial score (nSPS) is 10.6. The highest BCUT2D eigenvalue weighted by atomic mass is 79.9. The SMILES string of the molecule is O=[N+]([O-])c1ccc(C(F)F)c(F)c1Br. The Bertz CT molecular complexity index is 383. The van der Waals surface area contributed by atoms with Crippen molar-refractivity contribution in [1.29, 1.82) is 0 Å². The van der Waals surface area contributed by atoms with Gasteiger partial charge in [0.25, 0.3) is 12.1 Å². The van der Waals surface area contributed by atoms with Crippen LogP contribution >= 0.6 is 15.9 Å². The van der Waals surface area contributed by atoms with Crippen LogP contribution in [0.2, 0.25) is 0 Å². The molecular formula is C7H3BrF3NO2. The molecule has 0 saturated carbocycles. The summed E-state index contributed by atoms with van der Waals surface area (Å²) < 4.78 is 36.7. The predicted octanol–water partition coefficient (Wildman–Crippen LogP) is 3.43. The van der Waals surface area contributed by atoms with Crippen molar-refractivity contribution >= 4 is 21.6 Å². The van der Waals surface area contributed by atoms with Crippen molar-refractivity contribution in [2.75, 3.05) is 0 Å². The Morgan fingerprint density at radius 2 is 2.00 bits per heavy atom. The number of benzene rings is 1. The second kappa shape index (κ2) is 3.95. The first-order valence-electron chi connectivity index (χ1n) is 3.35. The number of halogens is 4. The van der Waals surface area contributed by atoms with Gasteiger partial charge in [0, 0.05) is 6.07 Å². The minimum Gasteiger partial charge on any atom is -0.258 e. The first-order chi connectivity index (χ1) is 6.45. The Balaban J connectivity index is 3.33. The number of hydrogen-bond acceptors (Lipinski definition) is 2. The van der Waals surface area contributed by atoms with E-state index in [1.165, 1.54) is 0 Å². The van der Waals surface area contributed by atoms with Crippen LogP contribution in [0.3, 0.4) is 0 Å². The molecule has 0 bridgehead atoms. The number of nitro groups is 1. The van der Waals surface area contributed by atoms with E-state index >= 15 is 0 Å². The van der Waals surface area contributed by atoms with Crippen LogP contribution < -0.4 is 0 Å². The summed E-state index contributed by atoms with van der Waals surface area (Å²) >= 11 is 2.55. The zero-order valence-electron chi connectivity index (χ0n) is 6.51. The van der Waals surface area contributed by atoms with Gasteiger partial charge in [0.05, 0.1) is 10.5 Å². The van der Waals surface area contributed by atoms with Crippen LogP contribution in [-0.2, 0) is 0 Å². The monoisotopic (exact) mass is 269 g/mol. The average Bonchev–Trinajstić information content (AvgIpc) is 2.08. The summed E-state index contributed by atoms with van der Waals surface area (Å²) in [6.45, 7) is 0. The number of rotatable bonds is 2. The van der Waals surface area contributed by atoms with E-state index in [1.807, 2.05) is 0 Å². The van der Waals surface area contributed by atoms with Gasteiger partial charge < -0.3 is 0 Å². The molecule has 1 aromatic carbocycles.